The van der Waals surface area contributed by atoms with E-state index in [0.717, 1.165) is 0 Å². The van der Waals surface area contributed by atoms with Gasteiger partial charge in [-0.2, -0.15) is 0 Å². The van der Waals surface area contributed by atoms with Crippen molar-refractivity contribution in [2.24, 2.45) is 5.73 Å². The molecular weight excluding hydrogens is 234 g/mol. The Labute approximate surface area is 99.2 Å². The number of carboxylic acids is 1. The first-order chi connectivity index (χ1) is 7.15. The number of halogens is 1. The van der Waals surface area contributed by atoms with Crippen molar-refractivity contribution in [2.75, 3.05) is 13.2 Å². The fourth-order valence-corrected chi connectivity index (χ4v) is 1.08. The van der Waals surface area contributed by atoms with Crippen LogP contribution in [0.4, 0.5) is 0 Å². The molecule has 0 unspecified atom stereocenters. The summed E-state index contributed by atoms with van der Waals surface area (Å²) < 4.78 is 5.11. The summed E-state index contributed by atoms with van der Waals surface area (Å²) >= 11 is 0. The van der Waals surface area contributed by atoms with Crippen LogP contribution in [-0.4, -0.2) is 29.4 Å². The second-order valence-electron chi connectivity index (χ2n) is 2.96. The molecule has 0 spiro atoms. The number of hydrogen-bond donors (Lipinski definition) is 3. The fourth-order valence-electron chi connectivity index (χ4n) is 1.08. The lowest BCUT2D eigenvalue weighted by atomic mass is 10.1. The Morgan fingerprint density at radius 1 is 1.38 bits per heavy atom. The molecule has 0 saturated carbocycles. The van der Waals surface area contributed by atoms with Crippen molar-refractivity contribution >= 4 is 18.4 Å². The van der Waals surface area contributed by atoms with Gasteiger partial charge in [-0.3, -0.25) is 4.79 Å². The minimum atomic E-state index is -1.07. The van der Waals surface area contributed by atoms with E-state index in [2.05, 4.69) is 0 Å². The van der Waals surface area contributed by atoms with Crippen molar-refractivity contribution in [2.45, 2.75) is 6.04 Å². The molecule has 0 aliphatic heterocycles. The number of aliphatic carboxylic acids is 1. The quantitative estimate of drug-likeness (QED) is 0.707. The molecule has 0 aliphatic rings. The normalized spacial score (nSPS) is 11.4. The second kappa shape index (κ2) is 7.05. The first kappa shape index (κ1) is 14.7. The number of hydrogen-bond acceptors (Lipinski definition) is 4. The van der Waals surface area contributed by atoms with Crippen molar-refractivity contribution in [1.29, 1.82) is 0 Å². The van der Waals surface area contributed by atoms with Crippen molar-refractivity contribution < 1.29 is 19.7 Å². The van der Waals surface area contributed by atoms with Gasteiger partial charge in [0, 0.05) is 0 Å². The predicted molar refractivity (Wildman–Crippen MR) is 60.8 cm³/mol. The summed E-state index contributed by atoms with van der Waals surface area (Å²) in [6.45, 7) is 0.153. The minimum Gasteiger partial charge on any atom is -0.491 e. The lowest BCUT2D eigenvalue weighted by Gasteiger charge is -2.08. The Bertz CT molecular complexity index is 328. The number of carbonyl (C=O) groups is 1. The number of rotatable bonds is 5. The summed E-state index contributed by atoms with van der Waals surface area (Å²) in [5, 5.41) is 17.2. The van der Waals surface area contributed by atoms with Gasteiger partial charge in [0.2, 0.25) is 0 Å². The molecule has 16 heavy (non-hydrogen) atoms. The average molecular weight is 248 g/mol. The summed E-state index contributed by atoms with van der Waals surface area (Å²) in [5.74, 6) is -0.496. The Morgan fingerprint density at radius 2 is 1.94 bits per heavy atom. The smallest absolute Gasteiger partial charge is 0.325 e. The molecule has 0 heterocycles. The van der Waals surface area contributed by atoms with Gasteiger partial charge in [0.15, 0.2) is 0 Å². The molecule has 0 aromatic heterocycles. The van der Waals surface area contributed by atoms with Gasteiger partial charge in [0.05, 0.1) is 6.61 Å². The van der Waals surface area contributed by atoms with Crippen LogP contribution < -0.4 is 10.5 Å². The van der Waals surface area contributed by atoms with Crippen LogP contribution >= 0.6 is 12.4 Å². The number of benzene rings is 1. The number of aliphatic hydroxyl groups excluding tert-OH is 1. The lowest BCUT2D eigenvalue weighted by Crippen LogP contribution is -2.20. The van der Waals surface area contributed by atoms with Gasteiger partial charge in [-0.1, -0.05) is 12.1 Å². The monoisotopic (exact) mass is 247 g/mol. The fraction of sp³-hybridized carbons (Fsp3) is 0.300. The van der Waals surface area contributed by atoms with E-state index in [1.54, 1.807) is 24.3 Å². The van der Waals surface area contributed by atoms with Crippen molar-refractivity contribution in [3.63, 3.8) is 0 Å². The molecule has 4 N–H and O–H groups in total. The van der Waals surface area contributed by atoms with Crippen molar-refractivity contribution in [3.05, 3.63) is 29.8 Å². The number of aliphatic hydroxyl groups is 1. The lowest BCUT2D eigenvalue weighted by molar-refractivity contribution is -0.138. The van der Waals surface area contributed by atoms with Crippen LogP contribution in [0.3, 0.4) is 0 Å². The van der Waals surface area contributed by atoms with Crippen LogP contribution in [0.15, 0.2) is 24.3 Å². The predicted octanol–water partition coefficient (Wildman–Crippen LogP) is 0.564. The van der Waals surface area contributed by atoms with Gasteiger partial charge in [0.1, 0.15) is 18.4 Å². The van der Waals surface area contributed by atoms with Gasteiger partial charge in [-0.15, -0.1) is 12.4 Å². The van der Waals surface area contributed by atoms with Gasteiger partial charge >= 0.3 is 5.97 Å². The van der Waals surface area contributed by atoms with Gasteiger partial charge in [-0.25, -0.2) is 0 Å². The molecule has 0 bridgehead atoms. The van der Waals surface area contributed by atoms with Crippen LogP contribution in [0, 0.1) is 0 Å². The molecule has 0 amide bonds. The second-order valence-corrected chi connectivity index (χ2v) is 2.96. The molecular formula is C10H14ClNO4. The van der Waals surface area contributed by atoms with Crippen LogP contribution in [0.25, 0.3) is 0 Å². The third-order valence-electron chi connectivity index (χ3n) is 1.87. The van der Waals surface area contributed by atoms with E-state index < -0.39 is 12.0 Å². The summed E-state index contributed by atoms with van der Waals surface area (Å²) in [7, 11) is 0. The molecule has 1 aromatic carbocycles. The van der Waals surface area contributed by atoms with E-state index in [0.29, 0.717) is 11.3 Å². The van der Waals surface area contributed by atoms with E-state index >= 15 is 0 Å². The zero-order chi connectivity index (χ0) is 11.3. The molecule has 0 fully saturated rings. The topological polar surface area (TPSA) is 92.8 Å². The maximum Gasteiger partial charge on any atom is 0.325 e. The first-order valence-corrected chi connectivity index (χ1v) is 4.47. The van der Waals surface area contributed by atoms with Gasteiger partial charge < -0.3 is 20.7 Å². The number of ether oxygens (including phenoxy) is 1. The molecule has 6 heteroatoms. The molecule has 0 radical (unpaired) electrons. The van der Waals surface area contributed by atoms with Crippen LogP contribution in [0.5, 0.6) is 5.75 Å². The zero-order valence-electron chi connectivity index (χ0n) is 8.50. The Hall–Kier alpha value is -1.30. The third-order valence-corrected chi connectivity index (χ3v) is 1.87. The highest BCUT2D eigenvalue weighted by Gasteiger charge is 2.13. The molecule has 1 rings (SSSR count). The largest absolute Gasteiger partial charge is 0.491 e. The van der Waals surface area contributed by atoms with Gasteiger partial charge in [-0.05, 0) is 17.7 Å². The molecule has 90 valence electrons. The molecule has 0 aliphatic carbocycles. The third kappa shape index (κ3) is 4.06. The van der Waals surface area contributed by atoms with Crippen LogP contribution in [-0.2, 0) is 4.79 Å². The Balaban J connectivity index is 0.00000225. The van der Waals surface area contributed by atoms with Crippen molar-refractivity contribution in [1.82, 2.24) is 0 Å². The first-order valence-electron chi connectivity index (χ1n) is 4.47. The number of carboxylic acid groups (broad SMARTS) is 1. The van der Waals surface area contributed by atoms with Gasteiger partial charge in [0.25, 0.3) is 0 Å². The van der Waals surface area contributed by atoms with Crippen LogP contribution in [0.1, 0.15) is 11.6 Å². The van der Waals surface area contributed by atoms with Crippen molar-refractivity contribution in [3.8, 4) is 5.75 Å². The van der Waals surface area contributed by atoms with Crippen LogP contribution in [0.2, 0.25) is 0 Å². The summed E-state index contributed by atoms with van der Waals surface area (Å²) in [6, 6.07) is 5.40. The highest BCUT2D eigenvalue weighted by Crippen LogP contribution is 2.16. The molecule has 5 nitrogen and oxygen atoms in total. The standard InChI is InChI=1S/C10H13NO4.ClH/c11-9(10(13)14)7-1-3-8(4-2-7)15-6-5-12;/h1-4,9,12H,5-6,11H2,(H,13,14);1H/t9-;/m0./s1. The minimum absolute atomic E-state index is 0. The highest BCUT2D eigenvalue weighted by atomic mass is 35.5. The van der Waals surface area contributed by atoms with E-state index in [1.807, 2.05) is 0 Å². The maximum atomic E-state index is 10.6. The molecule has 0 saturated heterocycles. The summed E-state index contributed by atoms with van der Waals surface area (Å²) in [6.07, 6.45) is 0. The number of nitrogens with two attached hydrogens (primary N) is 1. The zero-order valence-corrected chi connectivity index (χ0v) is 9.31. The van der Waals surface area contributed by atoms with E-state index in [9.17, 15) is 4.79 Å². The Morgan fingerprint density at radius 3 is 2.38 bits per heavy atom. The summed E-state index contributed by atoms with van der Waals surface area (Å²) in [5.41, 5.74) is 5.92. The molecule has 1 aromatic rings. The highest BCUT2D eigenvalue weighted by molar-refractivity contribution is 5.85. The van der Waals surface area contributed by atoms with E-state index in [4.69, 9.17) is 20.7 Å². The van der Waals surface area contributed by atoms with E-state index in [1.165, 1.54) is 0 Å². The Kier molecular flexibility index (Phi) is 6.48. The van der Waals surface area contributed by atoms with E-state index in [-0.39, 0.29) is 25.6 Å². The molecule has 1 atom stereocenters. The maximum absolute atomic E-state index is 10.6. The average Bonchev–Trinajstić information content (AvgIpc) is 2.26. The summed E-state index contributed by atoms with van der Waals surface area (Å²) in [4.78, 5) is 10.6. The SMILES string of the molecule is Cl.N[C@H](C(=O)O)c1ccc(OCCO)cc1.